The minimum absolute atomic E-state index is 0.132. The highest BCUT2D eigenvalue weighted by Crippen LogP contribution is 2.16. The fraction of sp³-hybridized carbons (Fsp3) is 0.0909. The maximum absolute atomic E-state index is 11.8. The normalized spacial score (nSPS) is 10.5. The van der Waals surface area contributed by atoms with Gasteiger partial charge in [0.15, 0.2) is 0 Å². The molecule has 2 rings (SSSR count). The van der Waals surface area contributed by atoms with E-state index in [9.17, 15) is 4.79 Å². The predicted molar refractivity (Wildman–Crippen MR) is 71.2 cm³/mol. The molecule has 2 N–H and O–H groups in total. The Morgan fingerprint density at radius 2 is 2.18 bits per heavy atom. The molecule has 2 heterocycles. The van der Waals surface area contributed by atoms with Gasteiger partial charge in [-0.15, -0.1) is 0 Å². The van der Waals surface area contributed by atoms with Crippen molar-refractivity contribution >= 4 is 33.3 Å². The molecule has 0 aliphatic heterocycles. The average molecular weight is 315 g/mol. The number of pyridine rings is 2. The quantitative estimate of drug-likeness (QED) is 0.925. The van der Waals surface area contributed by atoms with Crippen molar-refractivity contribution in [3.63, 3.8) is 0 Å². The molecule has 0 atom stereocenters. The van der Waals surface area contributed by atoms with Gasteiger partial charge in [-0.05, 0) is 40.2 Å². The maximum atomic E-state index is 11.8. The lowest BCUT2D eigenvalue weighted by atomic mass is 10.3. The summed E-state index contributed by atoms with van der Waals surface area (Å²) in [5.74, 6) is 0.382. The van der Waals surface area contributed by atoms with Crippen LogP contribution in [0, 0.1) is 0 Å². The van der Waals surface area contributed by atoms with Crippen LogP contribution in [0.5, 0.6) is 0 Å². The molecule has 0 radical (unpaired) electrons. The molecule has 2 aromatic heterocycles. The molecule has 0 aliphatic rings. The molecule has 0 bridgehead atoms. The summed E-state index contributed by atoms with van der Waals surface area (Å²) in [5, 5.41) is 0.492. The summed E-state index contributed by atoms with van der Waals surface area (Å²) in [5.41, 5.74) is 6.03. The number of hydrogen-bond acceptors (Lipinski definition) is 3. The summed E-state index contributed by atoms with van der Waals surface area (Å²) < 4.78 is 2.01. The van der Waals surface area contributed by atoms with Gasteiger partial charge in [0.25, 0.3) is 5.56 Å². The van der Waals surface area contributed by atoms with Gasteiger partial charge in [-0.2, -0.15) is 0 Å². The summed E-state index contributed by atoms with van der Waals surface area (Å²) in [6, 6.07) is 6.75. The van der Waals surface area contributed by atoms with Crippen molar-refractivity contribution in [1.29, 1.82) is 0 Å². The van der Waals surface area contributed by atoms with E-state index < -0.39 is 0 Å². The van der Waals surface area contributed by atoms with Gasteiger partial charge < -0.3 is 10.3 Å². The topological polar surface area (TPSA) is 60.9 Å². The molecule has 6 heteroatoms. The van der Waals surface area contributed by atoms with Crippen LogP contribution in [0.25, 0.3) is 0 Å². The summed E-state index contributed by atoms with van der Waals surface area (Å²) >= 11 is 9.17. The number of rotatable bonds is 2. The lowest BCUT2D eigenvalue weighted by Gasteiger charge is -2.07. The molecule has 17 heavy (non-hydrogen) atoms. The number of nitrogens with two attached hydrogens (primary N) is 1. The first-order valence-electron chi connectivity index (χ1n) is 4.84. The molecule has 2 aromatic rings. The van der Waals surface area contributed by atoms with Crippen molar-refractivity contribution < 1.29 is 0 Å². The van der Waals surface area contributed by atoms with Gasteiger partial charge >= 0.3 is 0 Å². The molecule has 0 aromatic carbocycles. The Balaban J connectivity index is 2.41. The molecular weight excluding hydrogens is 305 g/mol. The van der Waals surface area contributed by atoms with E-state index in [0.29, 0.717) is 27.6 Å². The number of halogens is 2. The van der Waals surface area contributed by atoms with Gasteiger partial charge in [0, 0.05) is 6.20 Å². The molecule has 0 amide bonds. The van der Waals surface area contributed by atoms with E-state index >= 15 is 0 Å². The zero-order chi connectivity index (χ0) is 12.4. The molecule has 88 valence electrons. The first-order valence-corrected chi connectivity index (χ1v) is 6.01. The molecule has 4 nitrogen and oxygen atoms in total. The monoisotopic (exact) mass is 313 g/mol. The molecule has 0 saturated heterocycles. The standard InChI is InChI=1S/C11H9BrClN3O/c12-7-2-1-5-16(11(7)17)6-9-8(13)3-4-10(14)15-9/h1-5H,6H2,(H2,14,15). The smallest absolute Gasteiger partial charge is 0.265 e. The number of hydrogen-bond donors (Lipinski definition) is 1. The van der Waals surface area contributed by atoms with Crippen LogP contribution in [0.1, 0.15) is 5.69 Å². The highest BCUT2D eigenvalue weighted by atomic mass is 79.9. The minimum Gasteiger partial charge on any atom is -0.384 e. The van der Waals surface area contributed by atoms with Crippen LogP contribution >= 0.6 is 27.5 Å². The van der Waals surface area contributed by atoms with Gasteiger partial charge in [0.05, 0.1) is 21.7 Å². The molecule has 0 spiro atoms. The molecule has 0 aliphatic carbocycles. The van der Waals surface area contributed by atoms with Gasteiger partial charge in [-0.1, -0.05) is 11.6 Å². The lowest BCUT2D eigenvalue weighted by Crippen LogP contribution is -2.21. The highest BCUT2D eigenvalue weighted by molar-refractivity contribution is 9.10. The third-order valence-corrected chi connectivity index (χ3v) is 3.18. The van der Waals surface area contributed by atoms with Crippen LogP contribution in [0.15, 0.2) is 39.7 Å². The fourth-order valence-corrected chi connectivity index (χ4v) is 1.95. The molecular formula is C11H9BrClN3O. The average Bonchev–Trinajstić information content (AvgIpc) is 2.30. The maximum Gasteiger partial charge on any atom is 0.265 e. The number of nitrogen functional groups attached to an aromatic ring is 1. The van der Waals surface area contributed by atoms with Crippen LogP contribution in [0.2, 0.25) is 5.02 Å². The van der Waals surface area contributed by atoms with E-state index in [4.69, 9.17) is 17.3 Å². The van der Waals surface area contributed by atoms with E-state index in [0.717, 1.165) is 0 Å². The lowest BCUT2D eigenvalue weighted by molar-refractivity contribution is 0.737. The third kappa shape index (κ3) is 2.68. The minimum atomic E-state index is -0.132. The zero-order valence-corrected chi connectivity index (χ0v) is 11.1. The SMILES string of the molecule is Nc1ccc(Cl)c(Cn2cccc(Br)c2=O)n1. The Morgan fingerprint density at radius 1 is 1.41 bits per heavy atom. The summed E-state index contributed by atoms with van der Waals surface area (Å²) in [6.07, 6.45) is 1.67. The molecule has 0 unspecified atom stereocenters. The molecule has 0 saturated carbocycles. The largest absolute Gasteiger partial charge is 0.384 e. The van der Waals surface area contributed by atoms with E-state index in [1.165, 1.54) is 4.57 Å². The highest BCUT2D eigenvalue weighted by Gasteiger charge is 2.06. The first-order chi connectivity index (χ1) is 8.08. The van der Waals surface area contributed by atoms with E-state index in [2.05, 4.69) is 20.9 Å². The van der Waals surface area contributed by atoms with Gasteiger partial charge in [-0.25, -0.2) is 4.98 Å². The summed E-state index contributed by atoms with van der Waals surface area (Å²) in [7, 11) is 0. The Morgan fingerprint density at radius 3 is 2.94 bits per heavy atom. The van der Waals surface area contributed by atoms with E-state index in [1.807, 2.05) is 0 Å². The van der Waals surface area contributed by atoms with Crippen LogP contribution in [-0.4, -0.2) is 9.55 Å². The van der Waals surface area contributed by atoms with E-state index in [-0.39, 0.29) is 5.56 Å². The second-order valence-corrected chi connectivity index (χ2v) is 4.72. The Bertz CT molecular complexity index is 612. The Labute approximate surface area is 111 Å². The first kappa shape index (κ1) is 12.1. The van der Waals surface area contributed by atoms with Crippen LogP contribution in [-0.2, 0) is 6.54 Å². The molecule has 0 fully saturated rings. The van der Waals surface area contributed by atoms with Crippen molar-refractivity contribution in [3.8, 4) is 0 Å². The van der Waals surface area contributed by atoms with E-state index in [1.54, 1.807) is 30.5 Å². The predicted octanol–water partition coefficient (Wildman–Crippen LogP) is 2.29. The zero-order valence-electron chi connectivity index (χ0n) is 8.73. The van der Waals surface area contributed by atoms with Crippen molar-refractivity contribution in [2.75, 3.05) is 5.73 Å². The Hall–Kier alpha value is -1.33. The van der Waals surface area contributed by atoms with Crippen LogP contribution in [0.4, 0.5) is 5.82 Å². The van der Waals surface area contributed by atoms with Gasteiger partial charge in [0.1, 0.15) is 5.82 Å². The van der Waals surface area contributed by atoms with Gasteiger partial charge in [-0.3, -0.25) is 4.79 Å². The second kappa shape index (κ2) is 4.89. The third-order valence-electron chi connectivity index (χ3n) is 2.23. The van der Waals surface area contributed by atoms with Gasteiger partial charge in [0.2, 0.25) is 0 Å². The Kier molecular flexibility index (Phi) is 3.49. The van der Waals surface area contributed by atoms with Crippen molar-refractivity contribution in [3.05, 3.63) is 56.0 Å². The number of nitrogens with zero attached hydrogens (tertiary/aromatic N) is 2. The number of anilines is 1. The number of aromatic nitrogens is 2. The van der Waals surface area contributed by atoms with Crippen LogP contribution in [0.3, 0.4) is 0 Å². The second-order valence-electron chi connectivity index (χ2n) is 3.45. The van der Waals surface area contributed by atoms with Crippen molar-refractivity contribution in [1.82, 2.24) is 9.55 Å². The van der Waals surface area contributed by atoms with Crippen molar-refractivity contribution in [2.24, 2.45) is 0 Å². The van der Waals surface area contributed by atoms with Crippen molar-refractivity contribution in [2.45, 2.75) is 6.54 Å². The summed E-state index contributed by atoms with van der Waals surface area (Å²) in [6.45, 7) is 0.294. The van der Waals surface area contributed by atoms with Crippen LogP contribution < -0.4 is 11.3 Å². The summed E-state index contributed by atoms with van der Waals surface area (Å²) in [4.78, 5) is 15.9. The fourth-order valence-electron chi connectivity index (χ4n) is 1.41.